The Kier molecular flexibility index (Phi) is 5.36. The molecule has 98 valence electrons. The minimum atomic E-state index is -0.250. The first-order valence-corrected chi connectivity index (χ1v) is 5.79. The van der Waals surface area contributed by atoms with Crippen molar-refractivity contribution in [2.75, 3.05) is 14.2 Å². The zero-order valence-electron chi connectivity index (χ0n) is 11.0. The Morgan fingerprint density at radius 2 is 1.78 bits per heavy atom. The van der Waals surface area contributed by atoms with Gasteiger partial charge in [-0.1, -0.05) is 18.2 Å². The molecule has 0 saturated carbocycles. The molecule has 0 aliphatic rings. The van der Waals surface area contributed by atoms with Crippen LogP contribution in [0.15, 0.2) is 18.2 Å². The van der Waals surface area contributed by atoms with Crippen LogP contribution in [0, 0.1) is 6.92 Å². The highest BCUT2D eigenvalue weighted by molar-refractivity contribution is 5.73. The third kappa shape index (κ3) is 4.20. The average molecular weight is 250 g/mol. The lowest BCUT2D eigenvalue weighted by Crippen LogP contribution is -2.06. The molecule has 0 heterocycles. The first-order valence-electron chi connectivity index (χ1n) is 5.79. The molecule has 0 aromatic heterocycles. The van der Waals surface area contributed by atoms with Crippen LogP contribution in [0.3, 0.4) is 0 Å². The van der Waals surface area contributed by atoms with Gasteiger partial charge < -0.3 is 9.47 Å². The number of carbonyl (C=O) groups is 2. The van der Waals surface area contributed by atoms with Gasteiger partial charge in [-0.25, -0.2) is 0 Å². The maximum absolute atomic E-state index is 11.2. The van der Waals surface area contributed by atoms with Crippen LogP contribution in [-0.2, 0) is 31.9 Å². The van der Waals surface area contributed by atoms with E-state index in [-0.39, 0.29) is 18.4 Å². The van der Waals surface area contributed by atoms with Crippen LogP contribution in [0.4, 0.5) is 0 Å². The monoisotopic (exact) mass is 250 g/mol. The van der Waals surface area contributed by atoms with Crippen LogP contribution < -0.4 is 0 Å². The number of hydrogen-bond donors (Lipinski definition) is 0. The third-order valence-electron chi connectivity index (χ3n) is 2.81. The van der Waals surface area contributed by atoms with Crippen molar-refractivity contribution in [1.82, 2.24) is 0 Å². The summed E-state index contributed by atoms with van der Waals surface area (Å²) in [6.45, 7) is 1.94. The Bertz CT molecular complexity index is 437. The number of carbonyl (C=O) groups excluding carboxylic acids is 2. The van der Waals surface area contributed by atoms with E-state index in [1.165, 1.54) is 14.2 Å². The van der Waals surface area contributed by atoms with E-state index in [0.717, 1.165) is 16.7 Å². The molecule has 0 bridgehead atoms. The van der Waals surface area contributed by atoms with E-state index < -0.39 is 0 Å². The number of rotatable bonds is 5. The van der Waals surface area contributed by atoms with Crippen LogP contribution in [0.5, 0.6) is 0 Å². The van der Waals surface area contributed by atoms with Crippen molar-refractivity contribution in [1.29, 1.82) is 0 Å². The van der Waals surface area contributed by atoms with E-state index in [1.54, 1.807) is 0 Å². The molecule has 0 aliphatic heterocycles. The van der Waals surface area contributed by atoms with Gasteiger partial charge in [0.15, 0.2) is 0 Å². The number of aryl methyl sites for hydroxylation is 2. The van der Waals surface area contributed by atoms with Crippen LogP contribution in [0.2, 0.25) is 0 Å². The minimum Gasteiger partial charge on any atom is -0.469 e. The Labute approximate surface area is 107 Å². The Morgan fingerprint density at radius 3 is 2.33 bits per heavy atom. The Hall–Kier alpha value is -1.84. The second-order valence-electron chi connectivity index (χ2n) is 4.09. The normalized spacial score (nSPS) is 9.94. The predicted molar refractivity (Wildman–Crippen MR) is 67.2 cm³/mol. The molecule has 0 saturated heterocycles. The quantitative estimate of drug-likeness (QED) is 0.748. The molecule has 4 nitrogen and oxygen atoms in total. The molecule has 18 heavy (non-hydrogen) atoms. The van der Waals surface area contributed by atoms with Crippen molar-refractivity contribution in [3.63, 3.8) is 0 Å². The summed E-state index contributed by atoms with van der Waals surface area (Å²) in [6.07, 6.45) is 1.29. The van der Waals surface area contributed by atoms with Crippen LogP contribution in [0.25, 0.3) is 0 Å². The van der Waals surface area contributed by atoms with Gasteiger partial charge in [0.2, 0.25) is 0 Å². The first-order chi connectivity index (χ1) is 8.56. The summed E-state index contributed by atoms with van der Waals surface area (Å²) in [6, 6.07) is 5.81. The summed E-state index contributed by atoms with van der Waals surface area (Å²) < 4.78 is 9.23. The number of hydrogen-bond acceptors (Lipinski definition) is 4. The Morgan fingerprint density at radius 1 is 1.11 bits per heavy atom. The molecular formula is C14H18O4. The highest BCUT2D eigenvalue weighted by Crippen LogP contribution is 2.14. The Balaban J connectivity index is 2.67. The van der Waals surface area contributed by atoms with Gasteiger partial charge in [0.05, 0.1) is 20.6 Å². The van der Waals surface area contributed by atoms with Gasteiger partial charge in [0, 0.05) is 6.42 Å². The fourth-order valence-corrected chi connectivity index (χ4v) is 1.69. The number of methoxy groups -OCH3 is 2. The molecule has 0 N–H and O–H groups in total. The molecule has 1 aromatic rings. The zero-order valence-corrected chi connectivity index (χ0v) is 11.0. The third-order valence-corrected chi connectivity index (χ3v) is 2.81. The topological polar surface area (TPSA) is 52.6 Å². The van der Waals surface area contributed by atoms with E-state index in [0.29, 0.717) is 12.8 Å². The number of esters is 2. The largest absolute Gasteiger partial charge is 0.469 e. The van der Waals surface area contributed by atoms with Crippen LogP contribution in [-0.4, -0.2) is 26.2 Å². The molecule has 1 aromatic carbocycles. The van der Waals surface area contributed by atoms with Gasteiger partial charge in [-0.3, -0.25) is 9.59 Å². The van der Waals surface area contributed by atoms with Gasteiger partial charge in [0.1, 0.15) is 0 Å². The van der Waals surface area contributed by atoms with Gasteiger partial charge in [-0.05, 0) is 30.0 Å². The van der Waals surface area contributed by atoms with E-state index in [2.05, 4.69) is 9.47 Å². The van der Waals surface area contributed by atoms with Crippen molar-refractivity contribution in [3.05, 3.63) is 34.9 Å². The van der Waals surface area contributed by atoms with Gasteiger partial charge >= 0.3 is 11.9 Å². The molecule has 0 fully saturated rings. The van der Waals surface area contributed by atoms with E-state index in [9.17, 15) is 9.59 Å². The maximum atomic E-state index is 11.2. The smallest absolute Gasteiger partial charge is 0.309 e. The number of ether oxygens (including phenoxy) is 2. The van der Waals surface area contributed by atoms with Crippen molar-refractivity contribution in [3.8, 4) is 0 Å². The van der Waals surface area contributed by atoms with Crippen molar-refractivity contribution < 1.29 is 19.1 Å². The van der Waals surface area contributed by atoms with Gasteiger partial charge in [-0.15, -0.1) is 0 Å². The van der Waals surface area contributed by atoms with Crippen molar-refractivity contribution >= 4 is 11.9 Å². The standard InChI is InChI=1S/C14H18O4/c1-10-8-11(5-7-13(15)17-2)4-6-12(10)9-14(16)18-3/h4,6,8H,5,7,9H2,1-3H3. The van der Waals surface area contributed by atoms with E-state index in [4.69, 9.17) is 0 Å². The summed E-state index contributed by atoms with van der Waals surface area (Å²) in [4.78, 5) is 22.2. The predicted octanol–water partition coefficient (Wildman–Crippen LogP) is 1.82. The summed E-state index contributed by atoms with van der Waals surface area (Å²) >= 11 is 0. The second-order valence-corrected chi connectivity index (χ2v) is 4.09. The fraction of sp³-hybridized carbons (Fsp3) is 0.429. The first kappa shape index (κ1) is 14.2. The van der Waals surface area contributed by atoms with E-state index in [1.807, 2.05) is 25.1 Å². The maximum Gasteiger partial charge on any atom is 0.309 e. The molecule has 0 spiro atoms. The summed E-state index contributed by atoms with van der Waals surface area (Å²) in [7, 11) is 2.76. The van der Waals surface area contributed by atoms with Gasteiger partial charge in [-0.2, -0.15) is 0 Å². The molecule has 1 rings (SSSR count). The van der Waals surface area contributed by atoms with Crippen LogP contribution in [0.1, 0.15) is 23.1 Å². The molecule has 0 unspecified atom stereocenters. The fourth-order valence-electron chi connectivity index (χ4n) is 1.69. The lowest BCUT2D eigenvalue weighted by molar-refractivity contribution is -0.141. The summed E-state index contributed by atoms with van der Waals surface area (Å²) in [5.74, 6) is -0.466. The summed E-state index contributed by atoms with van der Waals surface area (Å²) in [5.41, 5.74) is 3.04. The zero-order chi connectivity index (χ0) is 13.5. The average Bonchev–Trinajstić information content (AvgIpc) is 2.38. The molecule has 0 aliphatic carbocycles. The molecule has 0 amide bonds. The van der Waals surface area contributed by atoms with Crippen LogP contribution >= 0.6 is 0 Å². The molecular weight excluding hydrogens is 232 g/mol. The highest BCUT2D eigenvalue weighted by Gasteiger charge is 2.07. The molecule has 4 heteroatoms. The molecule has 0 atom stereocenters. The molecule has 0 radical (unpaired) electrons. The lowest BCUT2D eigenvalue weighted by atomic mass is 10.0. The second kappa shape index (κ2) is 6.79. The summed E-state index contributed by atoms with van der Waals surface area (Å²) in [5, 5.41) is 0. The van der Waals surface area contributed by atoms with E-state index >= 15 is 0 Å². The highest BCUT2D eigenvalue weighted by atomic mass is 16.5. The minimum absolute atomic E-state index is 0.216. The van der Waals surface area contributed by atoms with Crippen molar-refractivity contribution in [2.24, 2.45) is 0 Å². The SMILES string of the molecule is COC(=O)CCc1ccc(CC(=O)OC)c(C)c1. The number of benzene rings is 1. The van der Waals surface area contributed by atoms with Gasteiger partial charge in [0.25, 0.3) is 0 Å². The lowest BCUT2D eigenvalue weighted by Gasteiger charge is -2.07. The van der Waals surface area contributed by atoms with Crippen molar-refractivity contribution in [2.45, 2.75) is 26.2 Å².